The predicted molar refractivity (Wildman–Crippen MR) is 98.2 cm³/mol. The van der Waals surface area contributed by atoms with Gasteiger partial charge in [-0.15, -0.1) is 0 Å². The first-order chi connectivity index (χ1) is 11.6. The molecule has 3 atom stereocenters. The minimum atomic E-state index is -0.487. The Balaban J connectivity index is 1.36. The Hall–Kier alpha value is -1.55. The van der Waals surface area contributed by atoms with Gasteiger partial charge < -0.3 is 16.2 Å². The number of nitrogens with zero attached hydrogens (tertiary/aromatic N) is 1. The summed E-state index contributed by atoms with van der Waals surface area (Å²) >= 11 is 0. The highest BCUT2D eigenvalue weighted by Crippen LogP contribution is 2.52. The SMILES string of the molecule is NC(=NCCC1(O)CC2CCC1C2)Nc1cccc2c1CCCC2. The van der Waals surface area contributed by atoms with Crippen LogP contribution >= 0.6 is 0 Å². The van der Waals surface area contributed by atoms with Crippen LogP contribution in [0.1, 0.15) is 56.1 Å². The number of rotatable bonds is 4. The van der Waals surface area contributed by atoms with E-state index in [1.165, 1.54) is 43.2 Å². The normalized spacial score (nSPS) is 32.0. The Morgan fingerprint density at radius 2 is 2.17 bits per heavy atom. The van der Waals surface area contributed by atoms with Gasteiger partial charge in [-0.3, -0.25) is 4.99 Å². The molecule has 3 aliphatic rings. The first-order valence-electron chi connectivity index (χ1n) is 9.54. The van der Waals surface area contributed by atoms with Crippen molar-refractivity contribution in [1.82, 2.24) is 0 Å². The van der Waals surface area contributed by atoms with Crippen LogP contribution in [0.5, 0.6) is 0 Å². The quantitative estimate of drug-likeness (QED) is 0.587. The molecular weight excluding hydrogens is 298 g/mol. The van der Waals surface area contributed by atoms with Gasteiger partial charge >= 0.3 is 0 Å². The lowest BCUT2D eigenvalue weighted by molar-refractivity contribution is -0.0181. The minimum Gasteiger partial charge on any atom is -0.390 e. The number of hydrogen-bond donors (Lipinski definition) is 3. The van der Waals surface area contributed by atoms with Crippen molar-refractivity contribution in [2.24, 2.45) is 22.6 Å². The zero-order chi connectivity index (χ0) is 16.6. The molecule has 3 unspecified atom stereocenters. The van der Waals surface area contributed by atoms with Crippen molar-refractivity contribution in [3.05, 3.63) is 29.3 Å². The first-order valence-corrected chi connectivity index (χ1v) is 9.54. The molecule has 2 saturated carbocycles. The average molecular weight is 327 g/mol. The number of nitrogens with two attached hydrogens (primary N) is 1. The monoisotopic (exact) mass is 327 g/mol. The topological polar surface area (TPSA) is 70.6 Å². The van der Waals surface area contributed by atoms with Crippen molar-refractivity contribution < 1.29 is 5.11 Å². The van der Waals surface area contributed by atoms with E-state index in [4.69, 9.17) is 5.73 Å². The van der Waals surface area contributed by atoms with Crippen molar-refractivity contribution >= 4 is 11.6 Å². The standard InChI is InChI=1S/C20H29N3O/c21-19(22-11-10-20(24)13-14-8-9-16(20)12-14)23-18-7-3-5-15-4-1-2-6-17(15)18/h3,5,7,14,16,24H,1-2,4,6,8-13H2,(H3,21,22,23). The third-order valence-corrected chi connectivity index (χ3v) is 6.43. The van der Waals surface area contributed by atoms with Gasteiger partial charge in [-0.05, 0) is 86.8 Å². The van der Waals surface area contributed by atoms with E-state index in [0.717, 1.165) is 37.3 Å². The highest BCUT2D eigenvalue weighted by molar-refractivity contribution is 5.93. The lowest BCUT2D eigenvalue weighted by Gasteiger charge is -2.32. The highest BCUT2D eigenvalue weighted by atomic mass is 16.3. The fourth-order valence-corrected chi connectivity index (χ4v) is 5.17. The van der Waals surface area contributed by atoms with E-state index in [2.05, 4.69) is 28.5 Å². The Bertz CT molecular complexity index is 642. The van der Waals surface area contributed by atoms with E-state index in [1.54, 1.807) is 0 Å². The summed E-state index contributed by atoms with van der Waals surface area (Å²) in [4.78, 5) is 4.48. The van der Waals surface area contributed by atoms with E-state index in [9.17, 15) is 5.11 Å². The molecule has 0 amide bonds. The van der Waals surface area contributed by atoms with Crippen LogP contribution in [0.15, 0.2) is 23.2 Å². The molecule has 4 rings (SSSR count). The highest BCUT2D eigenvalue weighted by Gasteiger charge is 2.49. The van der Waals surface area contributed by atoms with E-state index in [-0.39, 0.29) is 0 Å². The Morgan fingerprint density at radius 1 is 1.29 bits per heavy atom. The predicted octanol–water partition coefficient (Wildman–Crippen LogP) is 3.23. The van der Waals surface area contributed by atoms with Gasteiger partial charge in [0.05, 0.1) is 5.60 Å². The second kappa shape index (κ2) is 6.40. The molecule has 1 aromatic rings. The van der Waals surface area contributed by atoms with Gasteiger partial charge in [0.15, 0.2) is 5.96 Å². The molecule has 0 saturated heterocycles. The van der Waals surface area contributed by atoms with Crippen molar-refractivity contribution in [2.75, 3.05) is 11.9 Å². The lowest BCUT2D eigenvalue weighted by Crippen LogP contribution is -2.36. The largest absolute Gasteiger partial charge is 0.390 e. The fraction of sp³-hybridized carbons (Fsp3) is 0.650. The summed E-state index contributed by atoms with van der Waals surface area (Å²) < 4.78 is 0. The van der Waals surface area contributed by atoms with Gasteiger partial charge in [-0.25, -0.2) is 0 Å². The van der Waals surface area contributed by atoms with Gasteiger partial charge in [0.25, 0.3) is 0 Å². The maximum atomic E-state index is 10.8. The van der Waals surface area contributed by atoms with Gasteiger partial charge in [-0.1, -0.05) is 12.1 Å². The van der Waals surface area contributed by atoms with Crippen molar-refractivity contribution in [3.63, 3.8) is 0 Å². The van der Waals surface area contributed by atoms with Crippen LogP contribution < -0.4 is 11.1 Å². The second-order valence-corrected chi connectivity index (χ2v) is 7.98. The molecule has 4 heteroatoms. The summed E-state index contributed by atoms with van der Waals surface area (Å²) in [5.41, 5.74) is 9.55. The number of fused-ring (bicyclic) bond motifs is 3. The molecule has 0 heterocycles. The van der Waals surface area contributed by atoms with E-state index in [1.807, 2.05) is 0 Å². The zero-order valence-electron chi connectivity index (χ0n) is 14.4. The van der Waals surface area contributed by atoms with Gasteiger partial charge in [-0.2, -0.15) is 0 Å². The third-order valence-electron chi connectivity index (χ3n) is 6.43. The molecule has 3 aliphatic carbocycles. The van der Waals surface area contributed by atoms with Crippen LogP contribution in [0.25, 0.3) is 0 Å². The Labute approximate surface area is 144 Å². The summed E-state index contributed by atoms with van der Waals surface area (Å²) in [7, 11) is 0. The Kier molecular flexibility index (Phi) is 4.25. The summed E-state index contributed by atoms with van der Waals surface area (Å²) in [6.07, 6.45) is 10.2. The summed E-state index contributed by atoms with van der Waals surface area (Å²) in [6.45, 7) is 0.605. The van der Waals surface area contributed by atoms with Crippen LogP contribution in [-0.2, 0) is 12.8 Å². The Morgan fingerprint density at radius 3 is 2.96 bits per heavy atom. The number of aliphatic imine (C=N–C) groups is 1. The van der Waals surface area contributed by atoms with Crippen LogP contribution in [-0.4, -0.2) is 23.2 Å². The number of aryl methyl sites for hydroxylation is 1. The minimum absolute atomic E-state index is 0.473. The van der Waals surface area contributed by atoms with Crippen molar-refractivity contribution in [1.29, 1.82) is 0 Å². The van der Waals surface area contributed by atoms with Crippen LogP contribution in [0.3, 0.4) is 0 Å². The van der Waals surface area contributed by atoms with Crippen LogP contribution in [0.4, 0.5) is 5.69 Å². The number of hydrogen-bond acceptors (Lipinski definition) is 2. The molecule has 4 nitrogen and oxygen atoms in total. The van der Waals surface area contributed by atoms with Crippen molar-refractivity contribution in [2.45, 2.75) is 63.4 Å². The number of benzene rings is 1. The third kappa shape index (κ3) is 3.04. The molecule has 4 N–H and O–H groups in total. The van der Waals surface area contributed by atoms with Crippen LogP contribution in [0.2, 0.25) is 0 Å². The summed E-state index contributed by atoms with van der Waals surface area (Å²) in [5.74, 6) is 1.71. The first kappa shape index (κ1) is 15.9. The molecule has 130 valence electrons. The molecule has 2 fully saturated rings. The summed E-state index contributed by atoms with van der Waals surface area (Å²) in [5, 5.41) is 14.1. The number of nitrogens with one attached hydrogen (secondary N) is 1. The maximum Gasteiger partial charge on any atom is 0.193 e. The number of aliphatic hydroxyl groups is 1. The molecule has 0 radical (unpaired) electrons. The molecular formula is C20H29N3O. The van der Waals surface area contributed by atoms with E-state index < -0.39 is 5.60 Å². The van der Waals surface area contributed by atoms with E-state index in [0.29, 0.717) is 18.4 Å². The van der Waals surface area contributed by atoms with Gasteiger partial charge in [0.1, 0.15) is 0 Å². The molecule has 1 aromatic carbocycles. The number of anilines is 1. The van der Waals surface area contributed by atoms with E-state index >= 15 is 0 Å². The zero-order valence-corrected chi connectivity index (χ0v) is 14.4. The van der Waals surface area contributed by atoms with Crippen LogP contribution in [0, 0.1) is 11.8 Å². The second-order valence-electron chi connectivity index (χ2n) is 7.98. The summed E-state index contributed by atoms with van der Waals surface area (Å²) in [6, 6.07) is 6.41. The average Bonchev–Trinajstić information content (AvgIpc) is 3.16. The molecule has 2 bridgehead atoms. The smallest absolute Gasteiger partial charge is 0.193 e. The number of guanidine groups is 1. The van der Waals surface area contributed by atoms with Crippen molar-refractivity contribution in [3.8, 4) is 0 Å². The molecule has 0 spiro atoms. The lowest BCUT2D eigenvalue weighted by atomic mass is 9.82. The molecule has 0 aliphatic heterocycles. The molecule has 24 heavy (non-hydrogen) atoms. The van der Waals surface area contributed by atoms with Gasteiger partial charge in [0.2, 0.25) is 0 Å². The molecule has 0 aromatic heterocycles. The fourth-order valence-electron chi connectivity index (χ4n) is 5.17. The van der Waals surface area contributed by atoms with Gasteiger partial charge in [0, 0.05) is 12.2 Å². The maximum absolute atomic E-state index is 10.8.